The second-order valence-corrected chi connectivity index (χ2v) is 18.6. The van der Waals surface area contributed by atoms with Gasteiger partial charge in [0.2, 0.25) is 0 Å². The van der Waals surface area contributed by atoms with E-state index in [1.807, 2.05) is 60.7 Å². The van der Waals surface area contributed by atoms with Gasteiger partial charge >= 0.3 is 0 Å². The molecule has 48 heavy (non-hydrogen) atoms. The van der Waals surface area contributed by atoms with Gasteiger partial charge in [0.15, 0.2) is 0 Å². The summed E-state index contributed by atoms with van der Waals surface area (Å²) in [5, 5.41) is 3.77. The van der Waals surface area contributed by atoms with Crippen LogP contribution in [0.1, 0.15) is 31.2 Å². The molecule has 4 aromatic carbocycles. The van der Waals surface area contributed by atoms with Crippen molar-refractivity contribution in [2.75, 3.05) is 0 Å². The van der Waals surface area contributed by atoms with E-state index in [2.05, 4.69) is 91.5 Å². The molecule has 0 N–H and O–H groups in total. The van der Waals surface area contributed by atoms with E-state index >= 15 is 0 Å². The molecule has 1 fully saturated rings. The van der Waals surface area contributed by atoms with Gasteiger partial charge in [0.25, 0.3) is 0 Å². The topological polar surface area (TPSA) is 38.9 Å². The van der Waals surface area contributed by atoms with Gasteiger partial charge in [0.1, 0.15) is 5.58 Å². The SMILES string of the molecule is C[Si](C)(C)c1cnc(-c2[c-]cccc2)cc1CC1CCCC1.[Ir].[c-]1cc(-c2ccccc2)c2c(oc3ccccc32)c1-c1ccccn1. The zero-order valence-corrected chi connectivity index (χ0v) is 31.2. The fourth-order valence-electron chi connectivity index (χ4n) is 6.88. The molecule has 243 valence electrons. The van der Waals surface area contributed by atoms with Crippen LogP contribution in [0.3, 0.4) is 0 Å². The summed E-state index contributed by atoms with van der Waals surface area (Å²) < 4.78 is 6.23. The molecule has 7 aromatic rings. The molecule has 3 heterocycles. The quantitative estimate of drug-likeness (QED) is 0.124. The Morgan fingerprint density at radius 3 is 2.27 bits per heavy atom. The standard InChI is InChI=1S/C23H14NO.C20H26NSi.Ir/c1-2-8-16(9-3-1)17-13-14-18(20-11-6-7-15-24-20)23-22(17)19-10-4-5-12-21(19)25-23;1-22(2,3)20-15-21-19(17-11-5-4-6-12-17)14-18(20)13-16-9-7-8-10-16;/h1-13,15H;4-6,11,14-16H,7-10,13H2,1-3H3;/q2*-1;. The number of para-hydroxylation sites is 1. The molecule has 0 atom stereocenters. The molecule has 0 bridgehead atoms. The largest absolute Gasteiger partial charge is 0.501 e. The molecule has 3 aromatic heterocycles. The maximum Gasteiger partial charge on any atom is 0.120 e. The summed E-state index contributed by atoms with van der Waals surface area (Å²) >= 11 is 0. The average Bonchev–Trinajstić information content (AvgIpc) is 3.77. The van der Waals surface area contributed by atoms with Crippen LogP contribution < -0.4 is 5.19 Å². The first-order valence-corrected chi connectivity index (χ1v) is 20.2. The van der Waals surface area contributed by atoms with Crippen LogP contribution in [0.4, 0.5) is 0 Å². The van der Waals surface area contributed by atoms with Crippen molar-refractivity contribution in [2.45, 2.75) is 51.7 Å². The monoisotopic (exact) mass is 821 g/mol. The smallest absolute Gasteiger partial charge is 0.120 e. The molecule has 0 saturated heterocycles. The van der Waals surface area contributed by atoms with Crippen LogP contribution in [0, 0.1) is 18.1 Å². The number of fused-ring (bicyclic) bond motifs is 3. The van der Waals surface area contributed by atoms with Crippen molar-refractivity contribution in [1.29, 1.82) is 0 Å². The number of nitrogens with zero attached hydrogens (tertiary/aromatic N) is 2. The van der Waals surface area contributed by atoms with Gasteiger partial charge in [-0.15, -0.1) is 48.0 Å². The van der Waals surface area contributed by atoms with E-state index < -0.39 is 8.07 Å². The summed E-state index contributed by atoms with van der Waals surface area (Å²) in [6.45, 7) is 7.28. The molecule has 0 unspecified atom stereocenters. The molecule has 1 aliphatic carbocycles. The van der Waals surface area contributed by atoms with Gasteiger partial charge in [-0.2, -0.15) is 0 Å². The number of aromatic nitrogens is 2. The van der Waals surface area contributed by atoms with Crippen LogP contribution in [-0.2, 0) is 26.5 Å². The number of hydrogen-bond donors (Lipinski definition) is 0. The maximum atomic E-state index is 6.23. The van der Waals surface area contributed by atoms with E-state index in [1.54, 1.807) is 16.9 Å². The van der Waals surface area contributed by atoms with E-state index in [-0.39, 0.29) is 20.1 Å². The van der Waals surface area contributed by atoms with Crippen LogP contribution in [0.2, 0.25) is 19.6 Å². The average molecular weight is 821 g/mol. The maximum absolute atomic E-state index is 6.23. The number of benzene rings is 4. The Morgan fingerprint density at radius 1 is 0.792 bits per heavy atom. The van der Waals surface area contributed by atoms with Crippen LogP contribution >= 0.6 is 0 Å². The van der Waals surface area contributed by atoms with Crippen molar-refractivity contribution in [1.82, 2.24) is 9.97 Å². The molecule has 0 aliphatic heterocycles. The fraction of sp³-hybridized carbons (Fsp3) is 0.209. The van der Waals surface area contributed by atoms with Gasteiger partial charge in [-0.3, -0.25) is 0 Å². The molecule has 1 saturated carbocycles. The number of furan rings is 1. The summed E-state index contributed by atoms with van der Waals surface area (Å²) in [5.74, 6) is 0.880. The van der Waals surface area contributed by atoms with Crippen molar-refractivity contribution in [3.05, 3.63) is 139 Å². The second kappa shape index (κ2) is 14.9. The Balaban J connectivity index is 0.000000165. The third kappa shape index (κ3) is 7.29. The normalized spacial score (nSPS) is 13.2. The number of hydrogen-bond acceptors (Lipinski definition) is 3. The molecule has 0 amide bonds. The van der Waals surface area contributed by atoms with Crippen LogP contribution in [0.25, 0.3) is 55.6 Å². The van der Waals surface area contributed by atoms with Crippen molar-refractivity contribution in [3.63, 3.8) is 0 Å². The van der Waals surface area contributed by atoms with E-state index in [4.69, 9.17) is 9.40 Å². The van der Waals surface area contributed by atoms with E-state index in [9.17, 15) is 0 Å². The zero-order valence-electron chi connectivity index (χ0n) is 27.8. The van der Waals surface area contributed by atoms with E-state index in [0.717, 1.165) is 61.5 Å². The van der Waals surface area contributed by atoms with Crippen molar-refractivity contribution >= 4 is 35.2 Å². The molecule has 0 spiro atoms. The van der Waals surface area contributed by atoms with Gasteiger partial charge in [0.05, 0.1) is 13.7 Å². The van der Waals surface area contributed by atoms with Crippen LogP contribution in [0.15, 0.2) is 126 Å². The third-order valence-corrected chi connectivity index (χ3v) is 11.3. The molecule has 3 nitrogen and oxygen atoms in total. The Kier molecular flexibility index (Phi) is 10.5. The molecule has 5 heteroatoms. The molecule has 1 aliphatic rings. The zero-order chi connectivity index (χ0) is 32.2. The van der Waals surface area contributed by atoms with E-state index in [0.29, 0.717) is 0 Å². The summed E-state index contributed by atoms with van der Waals surface area (Å²) in [6.07, 6.45) is 10.8. The predicted octanol–water partition coefficient (Wildman–Crippen LogP) is 10.9. The van der Waals surface area contributed by atoms with Crippen molar-refractivity contribution in [2.24, 2.45) is 5.92 Å². The number of pyridine rings is 2. The molecular weight excluding hydrogens is 781 g/mol. The summed E-state index contributed by atoms with van der Waals surface area (Å²) in [5.41, 5.74) is 9.50. The van der Waals surface area contributed by atoms with Gasteiger partial charge < -0.3 is 14.4 Å². The Bertz CT molecular complexity index is 2100. The summed E-state index contributed by atoms with van der Waals surface area (Å²) in [7, 11) is -1.35. The minimum atomic E-state index is -1.35. The first-order chi connectivity index (χ1) is 23.0. The predicted molar refractivity (Wildman–Crippen MR) is 198 cm³/mol. The Morgan fingerprint density at radius 2 is 1.54 bits per heavy atom. The summed E-state index contributed by atoms with van der Waals surface area (Å²) in [4.78, 5) is 9.23. The van der Waals surface area contributed by atoms with Gasteiger partial charge in [-0.25, -0.2) is 0 Å². The van der Waals surface area contributed by atoms with E-state index in [1.165, 1.54) is 32.1 Å². The number of rotatable bonds is 6. The minimum Gasteiger partial charge on any atom is -0.501 e. The van der Waals surface area contributed by atoms with Gasteiger partial charge in [0, 0.05) is 37.9 Å². The molecule has 8 rings (SSSR count). The molecule has 1 radical (unpaired) electrons. The Labute approximate surface area is 298 Å². The van der Waals surface area contributed by atoms with Crippen molar-refractivity contribution in [3.8, 4) is 33.6 Å². The Hall–Kier alpha value is -4.15. The first kappa shape index (κ1) is 33.7. The minimum absolute atomic E-state index is 0. The van der Waals surface area contributed by atoms with Gasteiger partial charge in [-0.05, 0) is 46.4 Å². The summed E-state index contributed by atoms with van der Waals surface area (Å²) in [6, 6.07) is 43.7. The van der Waals surface area contributed by atoms with Crippen molar-refractivity contribution < 1.29 is 24.5 Å². The van der Waals surface area contributed by atoms with Crippen LogP contribution in [-0.4, -0.2) is 18.0 Å². The van der Waals surface area contributed by atoms with Crippen LogP contribution in [0.5, 0.6) is 0 Å². The third-order valence-electron chi connectivity index (χ3n) is 9.22. The second-order valence-electron chi connectivity index (χ2n) is 13.6. The molecular formula is C43H40IrN2OSi-2. The first-order valence-electron chi connectivity index (χ1n) is 16.7. The van der Waals surface area contributed by atoms with Gasteiger partial charge in [-0.1, -0.05) is 134 Å². The fourth-order valence-corrected chi connectivity index (χ4v) is 8.47.